The zero-order valence-electron chi connectivity index (χ0n) is 7.32. The first kappa shape index (κ1) is 8.85. The molecule has 1 heterocycles. The summed E-state index contributed by atoms with van der Waals surface area (Å²) in [5.74, 6) is 0. The predicted molar refractivity (Wildman–Crippen MR) is 54.2 cm³/mol. The van der Waals surface area contributed by atoms with Gasteiger partial charge in [0.15, 0.2) is 0 Å². The van der Waals surface area contributed by atoms with Gasteiger partial charge in [0.1, 0.15) is 5.56 Å². The van der Waals surface area contributed by atoms with Crippen LogP contribution in [-0.4, -0.2) is 25.3 Å². The highest BCUT2D eigenvalue weighted by molar-refractivity contribution is 6.20. The molecule has 1 aliphatic heterocycles. The Labute approximate surface area is 83.1 Å². The van der Waals surface area contributed by atoms with Crippen LogP contribution >= 0.6 is 11.6 Å². The molecular weight excluding hydrogens is 186 g/mol. The van der Waals surface area contributed by atoms with E-state index in [0.29, 0.717) is 6.61 Å². The molecule has 0 N–H and O–H groups in total. The lowest BCUT2D eigenvalue weighted by Gasteiger charge is -2.31. The molecule has 0 amide bonds. The molecule has 1 unspecified atom stereocenters. The van der Waals surface area contributed by atoms with Crippen molar-refractivity contribution in [3.8, 4) is 0 Å². The van der Waals surface area contributed by atoms with Crippen LogP contribution in [0.1, 0.15) is 0 Å². The summed E-state index contributed by atoms with van der Waals surface area (Å²) < 4.78 is 5.25. The van der Waals surface area contributed by atoms with Crippen molar-refractivity contribution in [2.24, 2.45) is 0 Å². The van der Waals surface area contributed by atoms with E-state index in [2.05, 4.69) is 17.0 Å². The topological polar surface area (TPSA) is 12.5 Å². The number of hydrogen-bond donors (Lipinski definition) is 0. The van der Waals surface area contributed by atoms with Crippen LogP contribution in [0.3, 0.4) is 0 Å². The van der Waals surface area contributed by atoms with Gasteiger partial charge in [-0.2, -0.15) is 0 Å². The van der Waals surface area contributed by atoms with Crippen molar-refractivity contribution in [3.05, 3.63) is 30.3 Å². The van der Waals surface area contributed by atoms with E-state index in [4.69, 9.17) is 16.3 Å². The molecule has 1 saturated heterocycles. The predicted octanol–water partition coefficient (Wildman–Crippen LogP) is 2.09. The Bertz CT molecular complexity index is 265. The summed E-state index contributed by atoms with van der Waals surface area (Å²) in [4.78, 5) is 2.24. The molecule has 0 saturated carbocycles. The van der Waals surface area contributed by atoms with E-state index in [-0.39, 0.29) is 5.56 Å². The number of benzene rings is 1. The van der Waals surface area contributed by atoms with Gasteiger partial charge in [-0.05, 0) is 12.1 Å². The van der Waals surface area contributed by atoms with Crippen LogP contribution in [0.15, 0.2) is 30.3 Å². The molecule has 13 heavy (non-hydrogen) atoms. The van der Waals surface area contributed by atoms with E-state index in [1.165, 1.54) is 5.69 Å². The zero-order chi connectivity index (χ0) is 9.10. The van der Waals surface area contributed by atoms with Crippen LogP contribution in [0.2, 0.25) is 0 Å². The van der Waals surface area contributed by atoms with E-state index >= 15 is 0 Å². The Morgan fingerprint density at radius 1 is 1.31 bits per heavy atom. The number of rotatable bonds is 1. The van der Waals surface area contributed by atoms with Crippen molar-refractivity contribution in [1.82, 2.24) is 0 Å². The Kier molecular flexibility index (Phi) is 2.71. The molecule has 2 rings (SSSR count). The molecule has 1 aromatic carbocycles. The lowest BCUT2D eigenvalue weighted by atomic mass is 10.3. The van der Waals surface area contributed by atoms with Gasteiger partial charge in [-0.3, -0.25) is 0 Å². The third-order valence-electron chi connectivity index (χ3n) is 2.15. The zero-order valence-corrected chi connectivity index (χ0v) is 8.07. The molecule has 3 heteroatoms. The van der Waals surface area contributed by atoms with Gasteiger partial charge in [-0.25, -0.2) is 0 Å². The van der Waals surface area contributed by atoms with Crippen molar-refractivity contribution in [1.29, 1.82) is 0 Å². The third-order valence-corrected chi connectivity index (χ3v) is 2.41. The minimum absolute atomic E-state index is 0.172. The molecule has 1 aliphatic rings. The molecule has 0 spiro atoms. The Morgan fingerprint density at radius 3 is 2.77 bits per heavy atom. The van der Waals surface area contributed by atoms with Gasteiger partial charge < -0.3 is 9.64 Å². The molecule has 0 aliphatic carbocycles. The minimum Gasteiger partial charge on any atom is -0.365 e. The SMILES string of the molecule is ClC1CN(c2ccccc2)CCO1. The number of anilines is 1. The second-order valence-corrected chi connectivity index (χ2v) is 3.55. The van der Waals surface area contributed by atoms with Gasteiger partial charge in [0, 0.05) is 12.2 Å². The summed E-state index contributed by atoms with van der Waals surface area (Å²) >= 11 is 5.90. The molecule has 0 radical (unpaired) electrons. The minimum atomic E-state index is -0.172. The lowest BCUT2D eigenvalue weighted by molar-refractivity contribution is 0.0934. The van der Waals surface area contributed by atoms with Crippen LogP contribution in [0, 0.1) is 0 Å². The highest BCUT2D eigenvalue weighted by Crippen LogP contribution is 2.17. The van der Waals surface area contributed by atoms with Gasteiger partial charge in [-0.1, -0.05) is 29.8 Å². The van der Waals surface area contributed by atoms with E-state index in [9.17, 15) is 0 Å². The van der Waals surface area contributed by atoms with Gasteiger partial charge >= 0.3 is 0 Å². The first-order chi connectivity index (χ1) is 6.36. The Hall–Kier alpha value is -0.730. The molecular formula is C10H12ClNO. The summed E-state index contributed by atoms with van der Waals surface area (Å²) in [7, 11) is 0. The van der Waals surface area contributed by atoms with Crippen molar-refractivity contribution in [2.45, 2.75) is 5.56 Å². The molecule has 2 nitrogen and oxygen atoms in total. The first-order valence-electron chi connectivity index (χ1n) is 4.42. The van der Waals surface area contributed by atoms with Crippen molar-refractivity contribution in [3.63, 3.8) is 0 Å². The molecule has 0 aromatic heterocycles. The van der Waals surface area contributed by atoms with Crippen LogP contribution in [0.4, 0.5) is 5.69 Å². The smallest absolute Gasteiger partial charge is 0.148 e. The quantitative estimate of drug-likeness (QED) is 0.640. The summed E-state index contributed by atoms with van der Waals surface area (Å²) in [6.07, 6.45) is 0. The largest absolute Gasteiger partial charge is 0.365 e. The lowest BCUT2D eigenvalue weighted by Crippen LogP contribution is -2.40. The summed E-state index contributed by atoms with van der Waals surface area (Å²) in [5, 5.41) is 0. The monoisotopic (exact) mass is 197 g/mol. The molecule has 1 fully saturated rings. The van der Waals surface area contributed by atoms with E-state index in [0.717, 1.165) is 13.1 Å². The Balaban J connectivity index is 2.08. The normalized spacial score (nSPS) is 23.2. The van der Waals surface area contributed by atoms with Gasteiger partial charge in [-0.15, -0.1) is 0 Å². The second kappa shape index (κ2) is 3.99. The fraction of sp³-hybridized carbons (Fsp3) is 0.400. The maximum Gasteiger partial charge on any atom is 0.148 e. The maximum atomic E-state index is 5.90. The van der Waals surface area contributed by atoms with Crippen LogP contribution in [0.5, 0.6) is 0 Å². The fourth-order valence-electron chi connectivity index (χ4n) is 1.48. The average molecular weight is 198 g/mol. The summed E-state index contributed by atoms with van der Waals surface area (Å²) in [6.45, 7) is 2.40. The maximum absolute atomic E-state index is 5.90. The van der Waals surface area contributed by atoms with Crippen molar-refractivity contribution < 1.29 is 4.74 Å². The first-order valence-corrected chi connectivity index (χ1v) is 4.85. The second-order valence-electron chi connectivity index (χ2n) is 3.06. The standard InChI is InChI=1S/C10H12ClNO/c11-10-8-12(6-7-13-10)9-4-2-1-3-5-9/h1-5,10H,6-8H2. The highest BCUT2D eigenvalue weighted by Gasteiger charge is 2.17. The number of nitrogens with zero attached hydrogens (tertiary/aromatic N) is 1. The number of ether oxygens (including phenoxy) is 1. The van der Waals surface area contributed by atoms with Crippen LogP contribution in [-0.2, 0) is 4.74 Å². The van der Waals surface area contributed by atoms with E-state index in [1.807, 2.05) is 18.2 Å². The molecule has 1 atom stereocenters. The van der Waals surface area contributed by atoms with E-state index < -0.39 is 0 Å². The number of morpholine rings is 1. The number of alkyl halides is 1. The van der Waals surface area contributed by atoms with Crippen molar-refractivity contribution in [2.75, 3.05) is 24.6 Å². The highest BCUT2D eigenvalue weighted by atomic mass is 35.5. The number of halogens is 1. The summed E-state index contributed by atoms with van der Waals surface area (Å²) in [6, 6.07) is 10.3. The van der Waals surface area contributed by atoms with Gasteiger partial charge in [0.25, 0.3) is 0 Å². The third kappa shape index (κ3) is 2.14. The number of para-hydroxylation sites is 1. The molecule has 70 valence electrons. The molecule has 0 bridgehead atoms. The van der Waals surface area contributed by atoms with Crippen LogP contribution in [0.25, 0.3) is 0 Å². The van der Waals surface area contributed by atoms with Crippen molar-refractivity contribution >= 4 is 17.3 Å². The van der Waals surface area contributed by atoms with Crippen LogP contribution < -0.4 is 4.90 Å². The average Bonchev–Trinajstić information content (AvgIpc) is 2.19. The summed E-state index contributed by atoms with van der Waals surface area (Å²) in [5.41, 5.74) is 1.05. The van der Waals surface area contributed by atoms with Gasteiger partial charge in [0.2, 0.25) is 0 Å². The fourth-order valence-corrected chi connectivity index (χ4v) is 1.74. The number of hydrogen-bond acceptors (Lipinski definition) is 2. The Morgan fingerprint density at radius 2 is 2.08 bits per heavy atom. The van der Waals surface area contributed by atoms with Gasteiger partial charge in [0.05, 0.1) is 13.2 Å². The molecule has 1 aromatic rings. The van der Waals surface area contributed by atoms with E-state index in [1.54, 1.807) is 0 Å².